The van der Waals surface area contributed by atoms with Gasteiger partial charge in [-0.25, -0.2) is 14.6 Å². The summed E-state index contributed by atoms with van der Waals surface area (Å²) in [5, 5.41) is 5.75. The van der Waals surface area contributed by atoms with Crippen LogP contribution in [0, 0.1) is 12.3 Å². The Balaban J connectivity index is 1.57. The Morgan fingerprint density at radius 1 is 1.12 bits per heavy atom. The molecule has 0 bridgehead atoms. The van der Waals surface area contributed by atoms with Crippen molar-refractivity contribution in [2.24, 2.45) is 0 Å². The minimum atomic E-state index is 0.116. The zero-order valence-corrected chi connectivity index (χ0v) is 24.8. The molecule has 0 unspecified atom stereocenters. The fourth-order valence-electron chi connectivity index (χ4n) is 4.78. The second kappa shape index (κ2) is 15.9. The van der Waals surface area contributed by atoms with Gasteiger partial charge in [0.2, 0.25) is 5.91 Å². The number of carbonyl (C=O) groups is 1. The standard InChI is InChI=1S/C31H46N8O/c1-6-9-14-26(23-25(7-2)8-3)29-28-30(32)33-24-34-31(28)39(35-29)18-12-10-11-17-37-19-21-38(22-20-37)27(40)15-13-16-36(4)5/h2,13-15,23-24H,6,8-12,16-22H2,1,3-5H3,(H2,32,33,34)/b15-13+,25-23+,26-14+. The number of nitrogen functional groups attached to an aromatic ring is 1. The number of amides is 1. The number of terminal acetylenes is 1. The molecule has 0 radical (unpaired) electrons. The van der Waals surface area contributed by atoms with Crippen molar-refractivity contribution in [2.45, 2.75) is 58.9 Å². The highest BCUT2D eigenvalue weighted by Gasteiger charge is 2.20. The SMILES string of the molecule is C#C/C(=C\C(=C/CCC)c1nn(CCCCCN2CCN(C(=O)/C=C/CN(C)C)CC2)c2ncnc(N)c12)CC. The maximum absolute atomic E-state index is 12.4. The summed E-state index contributed by atoms with van der Waals surface area (Å²) < 4.78 is 1.96. The second-order valence-electron chi connectivity index (χ2n) is 10.5. The molecule has 0 saturated carbocycles. The predicted molar refractivity (Wildman–Crippen MR) is 164 cm³/mol. The molecule has 1 aliphatic rings. The molecule has 9 nitrogen and oxygen atoms in total. The van der Waals surface area contributed by atoms with E-state index in [0.717, 1.165) is 112 Å². The Bertz CT molecular complexity index is 1240. The number of likely N-dealkylation sites (N-methyl/N-ethyl adjacent to an activating group) is 1. The topological polar surface area (TPSA) is 96.4 Å². The molecule has 2 N–H and O–H groups in total. The van der Waals surface area contributed by atoms with Crippen molar-refractivity contribution in [1.82, 2.24) is 34.4 Å². The molecule has 3 rings (SSSR count). The van der Waals surface area contributed by atoms with Gasteiger partial charge in [0, 0.05) is 50.9 Å². The van der Waals surface area contributed by atoms with Gasteiger partial charge >= 0.3 is 0 Å². The largest absolute Gasteiger partial charge is 0.383 e. The molecular weight excluding hydrogens is 500 g/mol. The van der Waals surface area contributed by atoms with Gasteiger partial charge in [0.15, 0.2) is 5.65 Å². The van der Waals surface area contributed by atoms with Gasteiger partial charge in [-0.15, -0.1) is 6.42 Å². The van der Waals surface area contributed by atoms with Crippen molar-refractivity contribution in [3.8, 4) is 12.3 Å². The molecule has 2 aromatic heterocycles. The number of rotatable bonds is 14. The minimum Gasteiger partial charge on any atom is -0.383 e. The maximum atomic E-state index is 12.4. The molecule has 0 aromatic carbocycles. The summed E-state index contributed by atoms with van der Waals surface area (Å²) in [7, 11) is 3.99. The number of unbranched alkanes of at least 4 members (excludes halogenated alkanes) is 3. The lowest BCUT2D eigenvalue weighted by Gasteiger charge is -2.34. The van der Waals surface area contributed by atoms with Gasteiger partial charge in [0.05, 0.1) is 5.39 Å². The number of hydrogen-bond acceptors (Lipinski definition) is 7. The highest BCUT2D eigenvalue weighted by atomic mass is 16.2. The molecule has 9 heteroatoms. The number of aromatic nitrogens is 4. The van der Waals surface area contributed by atoms with Crippen LogP contribution < -0.4 is 5.73 Å². The second-order valence-corrected chi connectivity index (χ2v) is 10.5. The lowest BCUT2D eigenvalue weighted by Crippen LogP contribution is -2.48. The molecule has 0 spiro atoms. The van der Waals surface area contributed by atoms with Crippen LogP contribution in [0.15, 0.2) is 36.2 Å². The number of anilines is 1. The van der Waals surface area contributed by atoms with E-state index in [0.29, 0.717) is 5.82 Å². The monoisotopic (exact) mass is 546 g/mol. The normalized spacial score (nSPS) is 15.4. The van der Waals surface area contributed by atoms with Crippen molar-refractivity contribution in [3.05, 3.63) is 41.9 Å². The van der Waals surface area contributed by atoms with Crippen molar-refractivity contribution in [2.75, 3.05) is 59.1 Å². The zero-order valence-electron chi connectivity index (χ0n) is 24.8. The fraction of sp³-hybridized carbons (Fsp3) is 0.548. The first-order valence-corrected chi connectivity index (χ1v) is 14.5. The van der Waals surface area contributed by atoms with Crippen LogP contribution >= 0.6 is 0 Å². The molecule has 1 fully saturated rings. The van der Waals surface area contributed by atoms with Crippen molar-refractivity contribution < 1.29 is 4.79 Å². The molecule has 3 heterocycles. The van der Waals surface area contributed by atoms with Crippen LogP contribution in [0.25, 0.3) is 16.6 Å². The quantitative estimate of drug-likeness (QED) is 0.166. The zero-order chi connectivity index (χ0) is 28.9. The van der Waals surface area contributed by atoms with Crippen LogP contribution in [-0.2, 0) is 11.3 Å². The average Bonchev–Trinajstić information content (AvgIpc) is 3.33. The average molecular weight is 547 g/mol. The van der Waals surface area contributed by atoms with Crippen LogP contribution in [0.5, 0.6) is 0 Å². The minimum absolute atomic E-state index is 0.116. The Labute approximate surface area is 239 Å². The lowest BCUT2D eigenvalue weighted by molar-refractivity contribution is -0.127. The summed E-state index contributed by atoms with van der Waals surface area (Å²) in [6.45, 7) is 10.2. The molecule has 216 valence electrons. The molecule has 0 atom stereocenters. The van der Waals surface area contributed by atoms with Crippen LogP contribution in [0.4, 0.5) is 5.82 Å². The van der Waals surface area contributed by atoms with Crippen LogP contribution in [0.1, 0.15) is 58.1 Å². The van der Waals surface area contributed by atoms with Crippen LogP contribution in [-0.4, -0.2) is 93.7 Å². The molecule has 1 amide bonds. The van der Waals surface area contributed by atoms with E-state index in [2.05, 4.69) is 40.7 Å². The van der Waals surface area contributed by atoms with Crippen molar-refractivity contribution in [1.29, 1.82) is 0 Å². The number of hydrogen-bond donors (Lipinski definition) is 1. The van der Waals surface area contributed by atoms with Gasteiger partial charge in [-0.2, -0.15) is 5.10 Å². The van der Waals surface area contributed by atoms with E-state index in [9.17, 15) is 4.79 Å². The Morgan fingerprint density at radius 2 is 1.88 bits per heavy atom. The summed E-state index contributed by atoms with van der Waals surface area (Å²) in [6, 6.07) is 0. The van der Waals surface area contributed by atoms with Crippen LogP contribution in [0.3, 0.4) is 0 Å². The van der Waals surface area contributed by atoms with E-state index in [-0.39, 0.29) is 5.91 Å². The first-order chi connectivity index (χ1) is 19.4. The van der Waals surface area contributed by atoms with Gasteiger partial charge in [-0.3, -0.25) is 9.69 Å². The first-order valence-electron chi connectivity index (χ1n) is 14.5. The number of fused-ring (bicyclic) bond motifs is 1. The number of piperazine rings is 1. The van der Waals surface area contributed by atoms with E-state index in [1.54, 1.807) is 6.08 Å². The van der Waals surface area contributed by atoms with E-state index in [1.165, 1.54) is 6.33 Å². The number of carbonyl (C=O) groups excluding carboxylic acids is 1. The van der Waals surface area contributed by atoms with E-state index < -0.39 is 0 Å². The number of nitrogens with zero attached hydrogens (tertiary/aromatic N) is 7. The summed E-state index contributed by atoms with van der Waals surface area (Å²) in [5.41, 5.74) is 9.79. The summed E-state index contributed by atoms with van der Waals surface area (Å²) in [4.78, 5) is 27.6. The predicted octanol–water partition coefficient (Wildman–Crippen LogP) is 3.99. The lowest BCUT2D eigenvalue weighted by atomic mass is 10.0. The number of allylic oxidation sites excluding steroid dienone is 4. The third-order valence-corrected chi connectivity index (χ3v) is 7.14. The maximum Gasteiger partial charge on any atom is 0.246 e. The Morgan fingerprint density at radius 3 is 2.55 bits per heavy atom. The smallest absolute Gasteiger partial charge is 0.246 e. The number of nitrogens with two attached hydrogens (primary N) is 1. The fourth-order valence-corrected chi connectivity index (χ4v) is 4.78. The third kappa shape index (κ3) is 8.77. The van der Waals surface area contributed by atoms with Gasteiger partial charge in [0.1, 0.15) is 17.8 Å². The van der Waals surface area contributed by atoms with Gasteiger partial charge in [0.25, 0.3) is 0 Å². The van der Waals surface area contributed by atoms with E-state index in [4.69, 9.17) is 17.3 Å². The van der Waals surface area contributed by atoms with Gasteiger partial charge < -0.3 is 15.5 Å². The molecule has 2 aromatic rings. The van der Waals surface area contributed by atoms with E-state index in [1.807, 2.05) is 40.7 Å². The summed E-state index contributed by atoms with van der Waals surface area (Å²) >= 11 is 0. The molecule has 0 aliphatic carbocycles. The molecule has 1 saturated heterocycles. The Hall–Kier alpha value is -3.48. The third-order valence-electron chi connectivity index (χ3n) is 7.14. The highest BCUT2D eigenvalue weighted by molar-refractivity contribution is 5.97. The summed E-state index contributed by atoms with van der Waals surface area (Å²) in [5.74, 6) is 3.34. The van der Waals surface area contributed by atoms with Crippen LogP contribution in [0.2, 0.25) is 0 Å². The number of aryl methyl sites for hydroxylation is 1. The van der Waals surface area contributed by atoms with Gasteiger partial charge in [-0.1, -0.05) is 44.8 Å². The highest BCUT2D eigenvalue weighted by Crippen LogP contribution is 2.29. The van der Waals surface area contributed by atoms with Gasteiger partial charge in [-0.05, 0) is 58.0 Å². The van der Waals surface area contributed by atoms with E-state index >= 15 is 0 Å². The summed E-state index contributed by atoms with van der Waals surface area (Å²) in [6.07, 6.45) is 21.0. The van der Waals surface area contributed by atoms with Crippen molar-refractivity contribution >= 4 is 28.3 Å². The van der Waals surface area contributed by atoms with Crippen molar-refractivity contribution in [3.63, 3.8) is 0 Å². The first kappa shape index (κ1) is 31.1. The molecule has 1 aliphatic heterocycles. The molecule has 40 heavy (non-hydrogen) atoms. The molecular formula is C31H46N8O. The Kier molecular flexibility index (Phi) is 12.4.